The number of carbonyl (C=O) groups is 1. The highest BCUT2D eigenvalue weighted by atomic mass is 79.9. The van der Waals surface area contributed by atoms with Gasteiger partial charge >= 0.3 is 0 Å². The minimum atomic E-state index is -0.451. The van der Waals surface area contributed by atoms with Gasteiger partial charge in [-0.15, -0.1) is 0 Å². The Morgan fingerprint density at radius 2 is 2.18 bits per heavy atom. The number of nitrogens with one attached hydrogen (secondary N) is 1. The maximum atomic E-state index is 13.4. The number of halogens is 2. The summed E-state index contributed by atoms with van der Waals surface area (Å²) in [5.41, 5.74) is 5.77. The van der Waals surface area contributed by atoms with Gasteiger partial charge < -0.3 is 11.1 Å². The zero-order chi connectivity index (χ0) is 13.0. The van der Waals surface area contributed by atoms with Crippen molar-refractivity contribution >= 4 is 21.8 Å². The Morgan fingerprint density at radius 1 is 1.53 bits per heavy atom. The summed E-state index contributed by atoms with van der Waals surface area (Å²) in [5, 5.41) is 2.97. The van der Waals surface area contributed by atoms with Gasteiger partial charge in [0.05, 0.1) is 6.04 Å². The normalized spacial score (nSPS) is 12.8. The molecule has 0 bridgehead atoms. The molecule has 1 rings (SSSR count). The maximum Gasteiger partial charge on any atom is 0.234 e. The molecule has 0 radical (unpaired) electrons. The van der Waals surface area contributed by atoms with E-state index in [2.05, 4.69) is 21.2 Å². The van der Waals surface area contributed by atoms with Crippen LogP contribution >= 0.6 is 15.9 Å². The first-order valence-corrected chi connectivity index (χ1v) is 6.17. The Labute approximate surface area is 109 Å². The largest absolute Gasteiger partial charge is 0.368 e. The molecule has 0 aliphatic heterocycles. The molecule has 1 aromatic carbocycles. The summed E-state index contributed by atoms with van der Waals surface area (Å²) < 4.78 is 14.2. The molecule has 0 saturated heterocycles. The van der Waals surface area contributed by atoms with Crippen LogP contribution in [0.15, 0.2) is 22.7 Å². The molecule has 0 aromatic heterocycles. The van der Waals surface area contributed by atoms with Crippen LogP contribution in [0.25, 0.3) is 0 Å². The van der Waals surface area contributed by atoms with Crippen molar-refractivity contribution in [3.8, 4) is 0 Å². The van der Waals surface area contributed by atoms with E-state index in [1.807, 2.05) is 13.8 Å². The standard InChI is InChI=1S/C12H16BrFN2O/c1-7(2)11(12(15)17)16-6-8-5-9(13)3-4-10(8)14/h3-5,7,11,16H,6H2,1-2H3,(H2,15,17). The fourth-order valence-corrected chi connectivity index (χ4v) is 1.97. The number of carbonyl (C=O) groups excluding carboxylic acids is 1. The molecule has 0 spiro atoms. The average molecular weight is 303 g/mol. The molecular formula is C12H16BrFN2O. The topological polar surface area (TPSA) is 55.1 Å². The van der Waals surface area contributed by atoms with Crippen LogP contribution in [0.3, 0.4) is 0 Å². The third-order valence-corrected chi connectivity index (χ3v) is 2.99. The molecule has 5 heteroatoms. The second kappa shape index (κ2) is 6.12. The number of hydrogen-bond donors (Lipinski definition) is 2. The van der Waals surface area contributed by atoms with Gasteiger partial charge in [0.15, 0.2) is 0 Å². The zero-order valence-electron chi connectivity index (χ0n) is 9.84. The summed E-state index contributed by atoms with van der Waals surface area (Å²) in [7, 11) is 0. The first kappa shape index (κ1) is 14.1. The molecule has 0 aliphatic carbocycles. The van der Waals surface area contributed by atoms with Crippen molar-refractivity contribution in [3.05, 3.63) is 34.1 Å². The molecular weight excluding hydrogens is 287 g/mol. The molecule has 1 aromatic rings. The summed E-state index contributed by atoms with van der Waals surface area (Å²) in [6.07, 6.45) is 0. The number of hydrogen-bond acceptors (Lipinski definition) is 2. The summed E-state index contributed by atoms with van der Waals surface area (Å²) in [6.45, 7) is 4.05. The van der Waals surface area contributed by atoms with Gasteiger partial charge in [-0.3, -0.25) is 4.79 Å². The molecule has 1 atom stereocenters. The highest BCUT2D eigenvalue weighted by molar-refractivity contribution is 9.10. The molecule has 0 aliphatic rings. The summed E-state index contributed by atoms with van der Waals surface area (Å²) in [4.78, 5) is 11.2. The Balaban J connectivity index is 2.72. The van der Waals surface area contributed by atoms with Gasteiger partial charge in [0, 0.05) is 16.6 Å². The van der Waals surface area contributed by atoms with Crippen LogP contribution < -0.4 is 11.1 Å². The number of primary amides is 1. The predicted molar refractivity (Wildman–Crippen MR) is 68.8 cm³/mol. The lowest BCUT2D eigenvalue weighted by Crippen LogP contribution is -2.44. The molecule has 17 heavy (non-hydrogen) atoms. The number of nitrogens with two attached hydrogens (primary N) is 1. The molecule has 3 nitrogen and oxygen atoms in total. The first-order chi connectivity index (χ1) is 7.91. The lowest BCUT2D eigenvalue weighted by atomic mass is 10.0. The van der Waals surface area contributed by atoms with Crippen LogP contribution in [0.1, 0.15) is 19.4 Å². The molecule has 0 fully saturated rings. The number of benzene rings is 1. The van der Waals surface area contributed by atoms with Gasteiger partial charge in [-0.25, -0.2) is 4.39 Å². The van der Waals surface area contributed by atoms with E-state index >= 15 is 0 Å². The van der Waals surface area contributed by atoms with E-state index in [1.54, 1.807) is 12.1 Å². The fraction of sp³-hybridized carbons (Fsp3) is 0.417. The van der Waals surface area contributed by atoms with E-state index in [4.69, 9.17) is 5.73 Å². The Morgan fingerprint density at radius 3 is 2.71 bits per heavy atom. The fourth-order valence-electron chi connectivity index (χ4n) is 1.56. The van der Waals surface area contributed by atoms with E-state index in [1.165, 1.54) is 6.07 Å². The Bertz CT molecular complexity index is 409. The van der Waals surface area contributed by atoms with Crippen LogP contribution in [-0.4, -0.2) is 11.9 Å². The van der Waals surface area contributed by atoms with Gasteiger partial charge in [0.1, 0.15) is 5.82 Å². The third kappa shape index (κ3) is 4.09. The van der Waals surface area contributed by atoms with E-state index in [0.29, 0.717) is 5.56 Å². The second-order valence-corrected chi connectivity index (χ2v) is 5.16. The summed E-state index contributed by atoms with van der Waals surface area (Å²) >= 11 is 3.28. The van der Waals surface area contributed by atoms with Crippen LogP contribution in [0.2, 0.25) is 0 Å². The highest BCUT2D eigenvalue weighted by Gasteiger charge is 2.18. The van der Waals surface area contributed by atoms with E-state index in [-0.39, 0.29) is 18.3 Å². The number of rotatable bonds is 5. The molecule has 0 saturated carbocycles. The molecule has 1 amide bonds. The quantitative estimate of drug-likeness (QED) is 0.876. The predicted octanol–water partition coefficient (Wildman–Crippen LogP) is 2.19. The lowest BCUT2D eigenvalue weighted by molar-refractivity contribution is -0.121. The smallest absolute Gasteiger partial charge is 0.234 e. The highest BCUT2D eigenvalue weighted by Crippen LogP contribution is 2.15. The lowest BCUT2D eigenvalue weighted by Gasteiger charge is -2.19. The van der Waals surface area contributed by atoms with Gasteiger partial charge in [0.25, 0.3) is 0 Å². The van der Waals surface area contributed by atoms with Crippen molar-refractivity contribution in [2.45, 2.75) is 26.4 Å². The van der Waals surface area contributed by atoms with Crippen molar-refractivity contribution in [2.75, 3.05) is 0 Å². The second-order valence-electron chi connectivity index (χ2n) is 4.24. The van der Waals surface area contributed by atoms with Gasteiger partial charge in [-0.2, -0.15) is 0 Å². The van der Waals surface area contributed by atoms with Crippen molar-refractivity contribution < 1.29 is 9.18 Å². The Kier molecular flexibility index (Phi) is 5.08. The van der Waals surface area contributed by atoms with Gasteiger partial charge in [0.2, 0.25) is 5.91 Å². The van der Waals surface area contributed by atoms with Crippen LogP contribution in [0.5, 0.6) is 0 Å². The van der Waals surface area contributed by atoms with Gasteiger partial charge in [-0.05, 0) is 24.1 Å². The van der Waals surface area contributed by atoms with Crippen LogP contribution in [-0.2, 0) is 11.3 Å². The zero-order valence-corrected chi connectivity index (χ0v) is 11.4. The SMILES string of the molecule is CC(C)C(NCc1cc(Br)ccc1F)C(N)=O. The minimum absolute atomic E-state index is 0.0720. The molecule has 0 heterocycles. The first-order valence-electron chi connectivity index (χ1n) is 5.38. The van der Waals surface area contributed by atoms with Crippen LogP contribution in [0, 0.1) is 11.7 Å². The van der Waals surface area contributed by atoms with Crippen molar-refractivity contribution in [1.29, 1.82) is 0 Å². The van der Waals surface area contributed by atoms with Crippen molar-refractivity contribution in [2.24, 2.45) is 11.7 Å². The third-order valence-electron chi connectivity index (χ3n) is 2.49. The molecule has 1 unspecified atom stereocenters. The molecule has 3 N–H and O–H groups in total. The molecule has 94 valence electrons. The van der Waals surface area contributed by atoms with Crippen molar-refractivity contribution in [1.82, 2.24) is 5.32 Å². The van der Waals surface area contributed by atoms with Crippen molar-refractivity contribution in [3.63, 3.8) is 0 Å². The van der Waals surface area contributed by atoms with Gasteiger partial charge in [-0.1, -0.05) is 29.8 Å². The Hall–Kier alpha value is -0.940. The average Bonchev–Trinajstić information content (AvgIpc) is 2.22. The van der Waals surface area contributed by atoms with E-state index < -0.39 is 11.9 Å². The maximum absolute atomic E-state index is 13.4. The van der Waals surface area contributed by atoms with E-state index in [0.717, 1.165) is 4.47 Å². The summed E-state index contributed by atoms with van der Waals surface area (Å²) in [6, 6.07) is 4.25. The van der Waals surface area contributed by atoms with Crippen LogP contribution in [0.4, 0.5) is 4.39 Å². The van der Waals surface area contributed by atoms with E-state index in [9.17, 15) is 9.18 Å². The number of amides is 1. The monoisotopic (exact) mass is 302 g/mol. The minimum Gasteiger partial charge on any atom is -0.368 e. The summed E-state index contributed by atoms with van der Waals surface area (Å²) in [5.74, 6) is -0.647.